The van der Waals surface area contributed by atoms with E-state index in [1.807, 2.05) is 32.0 Å². The fourth-order valence-corrected chi connectivity index (χ4v) is 2.95. The number of para-hydroxylation sites is 1. The van der Waals surface area contributed by atoms with Gasteiger partial charge in [0.05, 0.1) is 0 Å². The van der Waals surface area contributed by atoms with Crippen LogP contribution in [0.4, 0.5) is 16.2 Å². The van der Waals surface area contributed by atoms with Crippen LogP contribution in [0, 0.1) is 0 Å². The summed E-state index contributed by atoms with van der Waals surface area (Å²) < 4.78 is 5.62. The van der Waals surface area contributed by atoms with Crippen LogP contribution in [0.3, 0.4) is 0 Å². The molecule has 29 heavy (non-hydrogen) atoms. The number of carbonyl (C=O) groups is 2. The molecule has 3 amide bonds. The van der Waals surface area contributed by atoms with E-state index in [4.69, 9.17) is 4.74 Å². The third kappa shape index (κ3) is 6.24. The summed E-state index contributed by atoms with van der Waals surface area (Å²) in [7, 11) is 1.71. The summed E-state index contributed by atoms with van der Waals surface area (Å²) in [4.78, 5) is 26.0. The third-order valence-electron chi connectivity index (χ3n) is 4.57. The molecule has 0 aliphatic carbocycles. The van der Waals surface area contributed by atoms with E-state index in [-0.39, 0.29) is 24.6 Å². The first kappa shape index (κ1) is 22.3. The van der Waals surface area contributed by atoms with Crippen molar-refractivity contribution in [2.75, 3.05) is 23.9 Å². The molecule has 0 atom stereocenters. The molecule has 2 rings (SSSR count). The van der Waals surface area contributed by atoms with Crippen molar-refractivity contribution in [3.63, 3.8) is 0 Å². The maximum absolute atomic E-state index is 12.4. The van der Waals surface area contributed by atoms with Crippen molar-refractivity contribution in [3.8, 4) is 5.75 Å². The first-order chi connectivity index (χ1) is 13.8. The molecule has 0 aliphatic rings. The Balaban J connectivity index is 1.95. The third-order valence-corrected chi connectivity index (χ3v) is 4.57. The average molecular weight is 398 g/mol. The van der Waals surface area contributed by atoms with E-state index < -0.39 is 0 Å². The van der Waals surface area contributed by atoms with Crippen molar-refractivity contribution >= 4 is 23.3 Å². The molecule has 0 aromatic heterocycles. The lowest BCUT2D eigenvalue weighted by atomic mass is 10.0. The number of nitrogens with one attached hydrogen (secondary N) is 2. The lowest BCUT2D eigenvalue weighted by Crippen LogP contribution is -2.40. The number of aryl methyl sites for hydroxylation is 2. The Morgan fingerprint density at radius 2 is 1.59 bits per heavy atom. The molecule has 6 heteroatoms. The molecule has 0 unspecified atom stereocenters. The van der Waals surface area contributed by atoms with Gasteiger partial charge in [-0.25, -0.2) is 4.79 Å². The van der Waals surface area contributed by atoms with E-state index in [9.17, 15) is 9.59 Å². The Morgan fingerprint density at radius 3 is 2.10 bits per heavy atom. The number of anilines is 2. The van der Waals surface area contributed by atoms with Crippen LogP contribution < -0.4 is 20.3 Å². The van der Waals surface area contributed by atoms with E-state index in [1.165, 1.54) is 4.90 Å². The zero-order valence-corrected chi connectivity index (χ0v) is 17.9. The zero-order chi connectivity index (χ0) is 21.4. The van der Waals surface area contributed by atoms with Crippen molar-refractivity contribution in [1.29, 1.82) is 0 Å². The molecular weight excluding hydrogens is 366 g/mol. The number of nitrogens with zero attached hydrogens (tertiary/aromatic N) is 1. The van der Waals surface area contributed by atoms with E-state index in [1.54, 1.807) is 31.3 Å². The van der Waals surface area contributed by atoms with Crippen LogP contribution in [0.25, 0.3) is 0 Å². The number of amides is 3. The molecule has 156 valence electrons. The van der Waals surface area contributed by atoms with E-state index in [0.717, 1.165) is 35.3 Å². The van der Waals surface area contributed by atoms with Crippen LogP contribution in [0.2, 0.25) is 0 Å². The van der Waals surface area contributed by atoms with Crippen molar-refractivity contribution < 1.29 is 14.3 Å². The smallest absolute Gasteiger partial charge is 0.321 e. The van der Waals surface area contributed by atoms with Gasteiger partial charge in [-0.3, -0.25) is 9.69 Å². The standard InChI is InChI=1S/C23H31N3O3/c1-6-17-9-8-10-18(7-2)22(17)25-21(27)15-29-20-13-11-19(12-14-20)26(5)23(28)24-16(3)4/h8-14,16H,6-7,15H2,1-5H3,(H,24,28)(H,25,27). The average Bonchev–Trinajstić information content (AvgIpc) is 2.71. The fourth-order valence-electron chi connectivity index (χ4n) is 2.95. The van der Waals surface area contributed by atoms with Gasteiger partial charge in [0.15, 0.2) is 6.61 Å². The molecule has 0 saturated carbocycles. The maximum Gasteiger partial charge on any atom is 0.321 e. The van der Waals surface area contributed by atoms with Gasteiger partial charge in [0.2, 0.25) is 0 Å². The monoisotopic (exact) mass is 397 g/mol. The van der Waals surface area contributed by atoms with Crippen LogP contribution in [-0.2, 0) is 17.6 Å². The summed E-state index contributed by atoms with van der Waals surface area (Å²) in [6.07, 6.45) is 1.70. The molecule has 0 heterocycles. The summed E-state index contributed by atoms with van der Waals surface area (Å²) in [5.41, 5.74) is 3.86. The molecule has 0 saturated heterocycles. The normalized spacial score (nSPS) is 10.6. The first-order valence-corrected chi connectivity index (χ1v) is 10.0. The number of carbonyl (C=O) groups excluding carboxylic acids is 2. The van der Waals surface area contributed by atoms with Gasteiger partial charge in [-0.1, -0.05) is 32.0 Å². The molecule has 2 N–H and O–H groups in total. The van der Waals surface area contributed by atoms with Crippen LogP contribution in [0.15, 0.2) is 42.5 Å². The van der Waals surface area contributed by atoms with Crippen molar-refractivity contribution in [2.45, 2.75) is 46.6 Å². The van der Waals surface area contributed by atoms with Crippen LogP contribution in [0.5, 0.6) is 5.75 Å². The Hall–Kier alpha value is -3.02. The van der Waals surface area contributed by atoms with Gasteiger partial charge < -0.3 is 15.4 Å². The topological polar surface area (TPSA) is 70.7 Å². The first-order valence-electron chi connectivity index (χ1n) is 10.0. The lowest BCUT2D eigenvalue weighted by molar-refractivity contribution is -0.118. The second kappa shape index (κ2) is 10.5. The second-order valence-corrected chi connectivity index (χ2v) is 7.15. The lowest BCUT2D eigenvalue weighted by Gasteiger charge is -2.20. The van der Waals surface area contributed by atoms with E-state index in [2.05, 4.69) is 24.5 Å². The van der Waals surface area contributed by atoms with Gasteiger partial charge in [0.25, 0.3) is 5.91 Å². The quantitative estimate of drug-likeness (QED) is 0.694. The van der Waals surface area contributed by atoms with Gasteiger partial charge in [-0.15, -0.1) is 0 Å². The Kier molecular flexibility index (Phi) is 8.07. The second-order valence-electron chi connectivity index (χ2n) is 7.15. The predicted molar refractivity (Wildman–Crippen MR) is 118 cm³/mol. The van der Waals surface area contributed by atoms with Crippen LogP contribution >= 0.6 is 0 Å². The predicted octanol–water partition coefficient (Wildman–Crippen LogP) is 4.38. The molecule has 6 nitrogen and oxygen atoms in total. The highest BCUT2D eigenvalue weighted by atomic mass is 16.5. The Labute approximate surface area is 173 Å². The molecule has 2 aromatic rings. The van der Waals surface area contributed by atoms with Gasteiger partial charge in [0.1, 0.15) is 5.75 Å². The summed E-state index contributed by atoms with van der Waals surface area (Å²) in [5, 5.41) is 5.83. The number of rotatable bonds is 8. The van der Waals surface area contributed by atoms with Gasteiger partial charge in [0, 0.05) is 24.5 Å². The minimum atomic E-state index is -0.196. The number of urea groups is 1. The summed E-state index contributed by atoms with van der Waals surface area (Å²) in [5.74, 6) is 0.374. The molecule has 0 radical (unpaired) electrons. The van der Waals surface area contributed by atoms with Gasteiger partial charge in [-0.2, -0.15) is 0 Å². The van der Waals surface area contributed by atoms with Gasteiger partial charge in [-0.05, 0) is 62.1 Å². The van der Waals surface area contributed by atoms with Crippen molar-refractivity contribution in [2.24, 2.45) is 0 Å². The minimum Gasteiger partial charge on any atom is -0.484 e. The van der Waals surface area contributed by atoms with Crippen LogP contribution in [-0.4, -0.2) is 31.6 Å². The molecule has 2 aromatic carbocycles. The molecular formula is C23H31N3O3. The molecule has 0 bridgehead atoms. The number of ether oxygens (including phenoxy) is 1. The summed E-state index contributed by atoms with van der Waals surface area (Å²) in [6.45, 7) is 7.89. The van der Waals surface area contributed by atoms with Crippen molar-refractivity contribution in [1.82, 2.24) is 5.32 Å². The number of hydrogen-bond donors (Lipinski definition) is 2. The summed E-state index contributed by atoms with van der Waals surface area (Å²) in [6, 6.07) is 13.0. The Morgan fingerprint density at radius 1 is 1.00 bits per heavy atom. The molecule has 0 fully saturated rings. The maximum atomic E-state index is 12.4. The SMILES string of the molecule is CCc1cccc(CC)c1NC(=O)COc1ccc(N(C)C(=O)NC(C)C)cc1. The minimum absolute atomic E-state index is 0.0668. The van der Waals surface area contributed by atoms with E-state index in [0.29, 0.717) is 5.75 Å². The van der Waals surface area contributed by atoms with Crippen LogP contribution in [0.1, 0.15) is 38.8 Å². The molecule has 0 spiro atoms. The van der Waals surface area contributed by atoms with Gasteiger partial charge >= 0.3 is 6.03 Å². The number of benzene rings is 2. The summed E-state index contributed by atoms with van der Waals surface area (Å²) >= 11 is 0. The highest BCUT2D eigenvalue weighted by Gasteiger charge is 2.13. The zero-order valence-electron chi connectivity index (χ0n) is 17.9. The number of hydrogen-bond acceptors (Lipinski definition) is 3. The van der Waals surface area contributed by atoms with E-state index >= 15 is 0 Å². The highest BCUT2D eigenvalue weighted by molar-refractivity contribution is 5.93. The Bertz CT molecular complexity index is 810. The van der Waals surface area contributed by atoms with Crippen molar-refractivity contribution in [3.05, 3.63) is 53.6 Å². The largest absolute Gasteiger partial charge is 0.484 e. The highest BCUT2D eigenvalue weighted by Crippen LogP contribution is 2.23. The fraction of sp³-hybridized carbons (Fsp3) is 0.391. The molecule has 0 aliphatic heterocycles.